The van der Waals surface area contributed by atoms with Crippen LogP contribution >= 0.6 is 0 Å². The van der Waals surface area contributed by atoms with Gasteiger partial charge in [0.05, 0.1) is 0 Å². The third kappa shape index (κ3) is 3.96. The number of rotatable bonds is 4. The predicted octanol–water partition coefficient (Wildman–Crippen LogP) is 5.75. The van der Waals surface area contributed by atoms with E-state index in [0.29, 0.717) is 22.8 Å². The van der Waals surface area contributed by atoms with Crippen molar-refractivity contribution in [3.05, 3.63) is 82.2 Å². The van der Waals surface area contributed by atoms with Gasteiger partial charge in [-0.25, -0.2) is 0 Å². The Kier molecular flexibility index (Phi) is 6.34. The Morgan fingerprint density at radius 2 is 1.79 bits per heavy atom. The molecule has 148 valence electrons. The first-order chi connectivity index (χ1) is 13.1. The summed E-state index contributed by atoms with van der Waals surface area (Å²) in [5.41, 5.74) is 12.4. The van der Waals surface area contributed by atoms with Gasteiger partial charge in [-0.2, -0.15) is 0 Å². The van der Waals surface area contributed by atoms with E-state index in [1.807, 2.05) is 52.8 Å². The molecule has 0 saturated carbocycles. The lowest BCUT2D eigenvalue weighted by molar-refractivity contribution is -0.160. The minimum absolute atomic E-state index is 0.00129. The fourth-order valence-corrected chi connectivity index (χ4v) is 3.50. The third-order valence-electron chi connectivity index (χ3n) is 5.15. The lowest BCUT2D eigenvalue weighted by Gasteiger charge is -2.24. The number of carbonyl (C=O) groups excluding carboxylic acids is 1. The minimum atomic E-state index is -0.359. The molecule has 2 N–H and O–H groups in total. The van der Waals surface area contributed by atoms with Gasteiger partial charge < -0.3 is 5.73 Å². The van der Waals surface area contributed by atoms with E-state index < -0.39 is 0 Å². The molecule has 4 heteroatoms. The standard InChI is InChI=1S/C24H29NO3/c1-9-14(4)15(5)23-18(8)27-28-21-12-19(16(6)25)10-11-20(21)24(23)22(13(2)3)17(7)26/h9-12,24H,6,8,25H2,1-5,7H3/b14-9-,23-15+. The fraction of sp³-hybridized carbons (Fsp3) is 0.292. The molecule has 1 aliphatic heterocycles. The van der Waals surface area contributed by atoms with Gasteiger partial charge in [-0.15, -0.1) is 0 Å². The number of ketones is 1. The first-order valence-corrected chi connectivity index (χ1v) is 9.24. The molecule has 4 nitrogen and oxygen atoms in total. The van der Waals surface area contributed by atoms with Crippen molar-refractivity contribution >= 4 is 11.5 Å². The molecule has 0 fully saturated rings. The van der Waals surface area contributed by atoms with E-state index in [1.54, 1.807) is 13.0 Å². The summed E-state index contributed by atoms with van der Waals surface area (Å²) in [6.45, 7) is 19.3. The molecule has 1 aliphatic rings. The molecule has 1 heterocycles. The summed E-state index contributed by atoms with van der Waals surface area (Å²) in [5.74, 6) is 0.521. The second-order valence-corrected chi connectivity index (χ2v) is 7.28. The van der Waals surface area contributed by atoms with E-state index >= 15 is 0 Å². The van der Waals surface area contributed by atoms with Crippen LogP contribution in [0, 0.1) is 0 Å². The first-order valence-electron chi connectivity index (χ1n) is 9.24. The third-order valence-corrected chi connectivity index (χ3v) is 5.15. The lowest BCUT2D eigenvalue weighted by Crippen LogP contribution is -2.15. The fourth-order valence-electron chi connectivity index (χ4n) is 3.50. The maximum Gasteiger partial charge on any atom is 0.183 e. The van der Waals surface area contributed by atoms with Crippen LogP contribution in [-0.2, 0) is 9.68 Å². The molecule has 1 atom stereocenters. The maximum atomic E-state index is 12.7. The summed E-state index contributed by atoms with van der Waals surface area (Å²) in [6, 6.07) is 5.57. The predicted molar refractivity (Wildman–Crippen MR) is 114 cm³/mol. The number of hydrogen-bond acceptors (Lipinski definition) is 4. The normalized spacial score (nSPS) is 18.3. The molecule has 0 bridgehead atoms. The van der Waals surface area contributed by atoms with Crippen molar-refractivity contribution < 1.29 is 14.6 Å². The zero-order valence-corrected chi connectivity index (χ0v) is 17.6. The molecular weight excluding hydrogens is 350 g/mol. The molecule has 1 aromatic carbocycles. The van der Waals surface area contributed by atoms with Crippen molar-refractivity contribution in [2.45, 2.75) is 47.5 Å². The topological polar surface area (TPSA) is 61.6 Å². The van der Waals surface area contributed by atoms with Crippen molar-refractivity contribution in [2.24, 2.45) is 5.73 Å². The first kappa shape index (κ1) is 21.3. The van der Waals surface area contributed by atoms with Gasteiger partial charge in [0.1, 0.15) is 0 Å². The van der Waals surface area contributed by atoms with Crippen LogP contribution in [0.3, 0.4) is 0 Å². The average molecular weight is 380 g/mol. The largest absolute Gasteiger partial charge is 0.399 e. The van der Waals surface area contributed by atoms with Gasteiger partial charge in [0.25, 0.3) is 0 Å². The Labute approximate surface area is 167 Å². The molecule has 0 saturated heterocycles. The number of hydrogen-bond donors (Lipinski definition) is 1. The van der Waals surface area contributed by atoms with E-state index in [4.69, 9.17) is 15.5 Å². The summed E-state index contributed by atoms with van der Waals surface area (Å²) >= 11 is 0. The van der Waals surface area contributed by atoms with Crippen LogP contribution in [0.25, 0.3) is 5.70 Å². The zero-order valence-electron chi connectivity index (χ0n) is 17.6. The molecule has 28 heavy (non-hydrogen) atoms. The van der Waals surface area contributed by atoms with Gasteiger partial charge in [-0.1, -0.05) is 42.5 Å². The maximum absolute atomic E-state index is 12.7. The second kappa shape index (κ2) is 8.34. The van der Waals surface area contributed by atoms with Crippen LogP contribution < -0.4 is 10.6 Å². The summed E-state index contributed by atoms with van der Waals surface area (Å²) in [5, 5.41) is 0. The molecule has 0 amide bonds. The van der Waals surface area contributed by atoms with Crippen LogP contribution in [-0.4, -0.2) is 5.78 Å². The van der Waals surface area contributed by atoms with Gasteiger partial charge in [-0.3, -0.25) is 14.6 Å². The van der Waals surface area contributed by atoms with Gasteiger partial charge in [0.2, 0.25) is 0 Å². The monoisotopic (exact) mass is 379 g/mol. The number of carbonyl (C=O) groups is 1. The van der Waals surface area contributed by atoms with Gasteiger partial charge >= 0.3 is 0 Å². The highest BCUT2D eigenvalue weighted by molar-refractivity contribution is 5.97. The smallest absolute Gasteiger partial charge is 0.183 e. The summed E-state index contributed by atoms with van der Waals surface area (Å²) < 4.78 is 0. The van der Waals surface area contributed by atoms with E-state index in [2.05, 4.69) is 13.2 Å². The molecule has 0 aromatic heterocycles. The van der Waals surface area contributed by atoms with Crippen molar-refractivity contribution in [3.8, 4) is 5.75 Å². The molecule has 0 radical (unpaired) electrons. The Bertz CT molecular complexity index is 941. The zero-order chi connectivity index (χ0) is 21.2. The molecule has 0 spiro atoms. The van der Waals surface area contributed by atoms with Gasteiger partial charge in [0, 0.05) is 33.9 Å². The summed E-state index contributed by atoms with van der Waals surface area (Å²) in [7, 11) is 0. The minimum Gasteiger partial charge on any atom is -0.399 e. The molecule has 1 unspecified atom stereocenters. The van der Waals surface area contributed by atoms with E-state index in [1.165, 1.54) is 0 Å². The van der Waals surface area contributed by atoms with Crippen molar-refractivity contribution in [3.63, 3.8) is 0 Å². The molecule has 1 aromatic rings. The quantitative estimate of drug-likeness (QED) is 0.535. The van der Waals surface area contributed by atoms with Crippen LogP contribution in [0.4, 0.5) is 0 Å². The van der Waals surface area contributed by atoms with Crippen LogP contribution in [0.1, 0.15) is 58.6 Å². The summed E-state index contributed by atoms with van der Waals surface area (Å²) in [6.07, 6.45) is 2.02. The van der Waals surface area contributed by atoms with E-state index in [0.717, 1.165) is 33.4 Å². The number of Topliss-reactive ketones (excluding diaryl/α,β-unsaturated/α-hetero) is 1. The van der Waals surface area contributed by atoms with E-state index in [-0.39, 0.29) is 11.7 Å². The lowest BCUT2D eigenvalue weighted by atomic mass is 9.77. The number of nitrogens with two attached hydrogens (primary N) is 1. The second-order valence-electron chi connectivity index (χ2n) is 7.28. The molecular formula is C24H29NO3. The van der Waals surface area contributed by atoms with Crippen molar-refractivity contribution in [1.82, 2.24) is 0 Å². The summed E-state index contributed by atoms with van der Waals surface area (Å²) in [4.78, 5) is 23.8. The van der Waals surface area contributed by atoms with Crippen LogP contribution in [0.5, 0.6) is 5.75 Å². The van der Waals surface area contributed by atoms with Crippen molar-refractivity contribution in [1.29, 1.82) is 0 Å². The van der Waals surface area contributed by atoms with Crippen LogP contribution in [0.2, 0.25) is 0 Å². The van der Waals surface area contributed by atoms with E-state index in [9.17, 15) is 4.79 Å². The van der Waals surface area contributed by atoms with Gasteiger partial charge in [-0.05, 0) is 53.2 Å². The Hall–Kier alpha value is -3.01. The number of fused-ring (bicyclic) bond motifs is 1. The van der Waals surface area contributed by atoms with Crippen molar-refractivity contribution in [2.75, 3.05) is 0 Å². The van der Waals surface area contributed by atoms with Gasteiger partial charge in [0.15, 0.2) is 17.3 Å². The molecule has 2 rings (SSSR count). The Balaban J connectivity index is 2.94. The highest BCUT2D eigenvalue weighted by Gasteiger charge is 2.35. The average Bonchev–Trinajstić information content (AvgIpc) is 2.76. The number of allylic oxidation sites excluding steroid dienone is 6. The Morgan fingerprint density at radius 1 is 1.14 bits per heavy atom. The highest BCUT2D eigenvalue weighted by atomic mass is 17.2. The number of benzene rings is 1. The SMILES string of the molecule is C=C1OOc2cc(C(=C)N)ccc2C(C(C(C)=O)=C(C)C)/C1=C(C)/C(C)=C\C. The Morgan fingerprint density at radius 3 is 2.29 bits per heavy atom. The highest BCUT2D eigenvalue weighted by Crippen LogP contribution is 2.46. The van der Waals surface area contributed by atoms with Crippen LogP contribution in [0.15, 0.2) is 71.1 Å². The molecule has 0 aliphatic carbocycles.